The summed E-state index contributed by atoms with van der Waals surface area (Å²) in [5.41, 5.74) is -0.413. The Morgan fingerprint density at radius 3 is 2.52 bits per heavy atom. The van der Waals surface area contributed by atoms with Crippen LogP contribution in [0, 0.1) is 0 Å². The Morgan fingerprint density at radius 2 is 1.90 bits per heavy atom. The highest BCUT2D eigenvalue weighted by Crippen LogP contribution is 2.20. The first-order valence-electron chi connectivity index (χ1n) is 6.67. The van der Waals surface area contributed by atoms with Gasteiger partial charge in [-0.2, -0.15) is 0 Å². The number of hydrogen-bond acceptors (Lipinski definition) is 4. The van der Waals surface area contributed by atoms with Crippen molar-refractivity contribution in [3.05, 3.63) is 60.1 Å². The van der Waals surface area contributed by atoms with E-state index >= 15 is 0 Å². The Balaban J connectivity index is 1.89. The van der Waals surface area contributed by atoms with E-state index in [-0.39, 0.29) is 12.3 Å². The van der Waals surface area contributed by atoms with Gasteiger partial charge in [0.25, 0.3) is 0 Å². The predicted molar refractivity (Wildman–Crippen MR) is 80.2 cm³/mol. The molecular formula is C15H19NO4S. The summed E-state index contributed by atoms with van der Waals surface area (Å²) in [6.45, 7) is 1.38. The minimum absolute atomic E-state index is 0.0226. The molecular weight excluding hydrogens is 290 g/mol. The van der Waals surface area contributed by atoms with E-state index in [0.29, 0.717) is 12.2 Å². The summed E-state index contributed by atoms with van der Waals surface area (Å²) in [6.07, 6.45) is 1.87. The second-order valence-corrected chi connectivity index (χ2v) is 7.05. The van der Waals surface area contributed by atoms with E-state index in [1.165, 1.54) is 13.2 Å². The molecule has 1 heterocycles. The quantitative estimate of drug-likeness (QED) is 0.815. The largest absolute Gasteiger partial charge is 0.466 e. The highest BCUT2D eigenvalue weighted by molar-refractivity contribution is 7.89. The molecule has 2 aromatic rings. The van der Waals surface area contributed by atoms with Crippen LogP contribution in [-0.4, -0.2) is 25.8 Å². The van der Waals surface area contributed by atoms with Crippen molar-refractivity contribution >= 4 is 10.0 Å². The molecule has 114 valence electrons. The summed E-state index contributed by atoms with van der Waals surface area (Å²) in [7, 11) is -3.46. The smallest absolute Gasteiger partial charge is 0.212 e. The highest BCUT2D eigenvalue weighted by atomic mass is 32.2. The average molecular weight is 309 g/mol. The van der Waals surface area contributed by atoms with Crippen molar-refractivity contribution in [1.29, 1.82) is 0 Å². The molecule has 0 unspecified atom stereocenters. The molecule has 0 bridgehead atoms. The second kappa shape index (κ2) is 6.43. The number of aliphatic hydroxyl groups is 1. The third-order valence-electron chi connectivity index (χ3n) is 3.19. The van der Waals surface area contributed by atoms with Crippen LogP contribution in [0.2, 0.25) is 0 Å². The van der Waals surface area contributed by atoms with Gasteiger partial charge >= 0.3 is 0 Å². The number of hydrogen-bond donors (Lipinski definition) is 2. The van der Waals surface area contributed by atoms with Crippen LogP contribution in [-0.2, 0) is 22.0 Å². The molecule has 0 spiro atoms. The zero-order chi connectivity index (χ0) is 15.3. The Bertz CT molecular complexity index is 648. The fraction of sp³-hybridized carbons (Fsp3) is 0.333. The Hall–Kier alpha value is -1.63. The molecule has 0 aliphatic rings. The average Bonchev–Trinajstić information content (AvgIpc) is 3.00. The fourth-order valence-electron chi connectivity index (χ4n) is 1.89. The van der Waals surface area contributed by atoms with Gasteiger partial charge in [0.15, 0.2) is 0 Å². The van der Waals surface area contributed by atoms with Crippen molar-refractivity contribution in [2.45, 2.75) is 18.9 Å². The summed E-state index contributed by atoms with van der Waals surface area (Å²) in [5, 5.41) is 10.2. The van der Waals surface area contributed by atoms with Gasteiger partial charge < -0.3 is 9.52 Å². The predicted octanol–water partition coefficient (Wildman–Crippen LogP) is 1.65. The molecule has 21 heavy (non-hydrogen) atoms. The van der Waals surface area contributed by atoms with Gasteiger partial charge in [-0.15, -0.1) is 0 Å². The minimum atomic E-state index is -3.46. The zero-order valence-corrected chi connectivity index (χ0v) is 12.6. The van der Waals surface area contributed by atoms with Crippen LogP contribution in [0.3, 0.4) is 0 Å². The molecule has 1 aromatic heterocycles. The van der Waals surface area contributed by atoms with Crippen molar-refractivity contribution in [3.8, 4) is 0 Å². The van der Waals surface area contributed by atoms with Crippen LogP contribution in [0.25, 0.3) is 0 Å². The van der Waals surface area contributed by atoms with Crippen LogP contribution < -0.4 is 4.72 Å². The van der Waals surface area contributed by atoms with E-state index in [0.717, 1.165) is 5.56 Å². The maximum Gasteiger partial charge on any atom is 0.212 e. The van der Waals surface area contributed by atoms with Crippen molar-refractivity contribution in [2.24, 2.45) is 0 Å². The SMILES string of the molecule is C[C@@](O)(CNS(=O)(=O)CCc1ccccc1)c1ccco1. The second-order valence-electron chi connectivity index (χ2n) is 5.13. The van der Waals surface area contributed by atoms with Gasteiger partial charge in [0.2, 0.25) is 10.0 Å². The van der Waals surface area contributed by atoms with Gasteiger partial charge in [-0.3, -0.25) is 0 Å². The molecule has 0 amide bonds. The maximum absolute atomic E-state index is 12.0. The molecule has 1 aromatic carbocycles. The molecule has 2 rings (SSSR count). The zero-order valence-electron chi connectivity index (χ0n) is 11.8. The summed E-state index contributed by atoms with van der Waals surface area (Å²) >= 11 is 0. The Kier molecular flexibility index (Phi) is 4.82. The third-order valence-corrected chi connectivity index (χ3v) is 4.52. The van der Waals surface area contributed by atoms with Crippen molar-refractivity contribution < 1.29 is 17.9 Å². The van der Waals surface area contributed by atoms with E-state index in [2.05, 4.69) is 4.72 Å². The molecule has 1 atom stereocenters. The first-order chi connectivity index (χ1) is 9.89. The molecule has 5 nitrogen and oxygen atoms in total. The van der Waals surface area contributed by atoms with Crippen LogP contribution in [0.5, 0.6) is 0 Å². The molecule has 0 saturated carbocycles. The van der Waals surface area contributed by atoms with E-state index in [1.807, 2.05) is 30.3 Å². The van der Waals surface area contributed by atoms with Gasteiger partial charge in [0.1, 0.15) is 11.4 Å². The molecule has 2 N–H and O–H groups in total. The number of furan rings is 1. The number of nitrogens with one attached hydrogen (secondary N) is 1. The number of sulfonamides is 1. The summed E-state index contributed by atoms with van der Waals surface area (Å²) in [4.78, 5) is 0. The normalized spacial score (nSPS) is 14.8. The number of rotatable bonds is 7. The molecule has 0 aliphatic heterocycles. The highest BCUT2D eigenvalue weighted by Gasteiger charge is 2.28. The maximum atomic E-state index is 12.0. The van der Waals surface area contributed by atoms with Crippen LogP contribution in [0.4, 0.5) is 0 Å². The summed E-state index contributed by atoms with van der Waals surface area (Å²) in [5.74, 6) is 0.305. The molecule has 6 heteroatoms. The van der Waals surface area contributed by atoms with Gasteiger partial charge in [-0.25, -0.2) is 13.1 Å². The van der Waals surface area contributed by atoms with Gasteiger partial charge in [0.05, 0.1) is 12.0 Å². The number of aryl methyl sites for hydroxylation is 1. The summed E-state index contributed by atoms with van der Waals surface area (Å²) in [6, 6.07) is 12.7. The lowest BCUT2D eigenvalue weighted by atomic mass is 10.1. The third kappa shape index (κ3) is 4.70. The van der Waals surface area contributed by atoms with E-state index in [9.17, 15) is 13.5 Å². The van der Waals surface area contributed by atoms with E-state index in [4.69, 9.17) is 4.42 Å². The van der Waals surface area contributed by atoms with Gasteiger partial charge in [0, 0.05) is 6.54 Å². The van der Waals surface area contributed by atoms with Crippen LogP contribution >= 0.6 is 0 Å². The molecule has 0 fully saturated rings. The first kappa shape index (κ1) is 15.8. The van der Waals surface area contributed by atoms with Gasteiger partial charge in [-0.1, -0.05) is 30.3 Å². The first-order valence-corrected chi connectivity index (χ1v) is 8.32. The lowest BCUT2D eigenvalue weighted by Gasteiger charge is -2.21. The Labute approximate surface area is 124 Å². The fourth-order valence-corrected chi connectivity index (χ4v) is 3.04. The van der Waals surface area contributed by atoms with Crippen LogP contribution in [0.15, 0.2) is 53.1 Å². The van der Waals surface area contributed by atoms with E-state index < -0.39 is 15.6 Å². The minimum Gasteiger partial charge on any atom is -0.466 e. The van der Waals surface area contributed by atoms with Crippen molar-refractivity contribution in [3.63, 3.8) is 0 Å². The number of benzene rings is 1. The summed E-state index contributed by atoms with van der Waals surface area (Å²) < 4.78 is 31.5. The lowest BCUT2D eigenvalue weighted by Crippen LogP contribution is -2.39. The molecule has 0 saturated heterocycles. The van der Waals surface area contributed by atoms with E-state index in [1.54, 1.807) is 12.1 Å². The molecule has 0 aliphatic carbocycles. The standard InChI is InChI=1S/C15H19NO4S/c1-15(17,14-8-5-10-20-14)12-16-21(18,19)11-9-13-6-3-2-4-7-13/h2-8,10,16-17H,9,11-12H2,1H3/t15-/m1/s1. The topological polar surface area (TPSA) is 79.5 Å². The monoisotopic (exact) mass is 309 g/mol. The Morgan fingerprint density at radius 1 is 1.19 bits per heavy atom. The molecule has 0 radical (unpaired) electrons. The van der Waals surface area contributed by atoms with Crippen molar-refractivity contribution in [2.75, 3.05) is 12.3 Å². The van der Waals surface area contributed by atoms with Gasteiger partial charge in [-0.05, 0) is 31.0 Å². The lowest BCUT2D eigenvalue weighted by molar-refractivity contribution is 0.0395. The van der Waals surface area contributed by atoms with Crippen LogP contribution in [0.1, 0.15) is 18.2 Å². The van der Waals surface area contributed by atoms with Crippen molar-refractivity contribution in [1.82, 2.24) is 4.72 Å².